The van der Waals surface area contributed by atoms with Crippen molar-refractivity contribution in [2.24, 2.45) is 0 Å². The van der Waals surface area contributed by atoms with Crippen LogP contribution in [0, 0.1) is 6.92 Å². The van der Waals surface area contributed by atoms with Crippen LogP contribution in [0.3, 0.4) is 0 Å². The minimum atomic E-state index is 0.519. The molecule has 0 amide bonds. The predicted octanol–water partition coefficient (Wildman–Crippen LogP) is 7.47. The van der Waals surface area contributed by atoms with Crippen molar-refractivity contribution in [2.75, 3.05) is 5.32 Å². The van der Waals surface area contributed by atoms with E-state index in [-0.39, 0.29) is 0 Å². The van der Waals surface area contributed by atoms with Crippen LogP contribution in [0.15, 0.2) is 74.1 Å². The largest absolute Gasteiger partial charge is 0.487 e. The first-order valence-corrected chi connectivity index (χ1v) is 10.5. The molecule has 0 aliphatic heterocycles. The van der Waals surface area contributed by atoms with Crippen molar-refractivity contribution >= 4 is 53.5 Å². The molecule has 0 aliphatic carbocycles. The van der Waals surface area contributed by atoms with Crippen LogP contribution in [0.4, 0.5) is 5.69 Å². The molecule has 3 aromatic rings. The Morgan fingerprint density at radius 3 is 2.38 bits per heavy atom. The molecule has 134 valence electrons. The Morgan fingerprint density at radius 2 is 1.65 bits per heavy atom. The van der Waals surface area contributed by atoms with Crippen LogP contribution in [0.1, 0.15) is 16.7 Å². The van der Waals surface area contributed by atoms with E-state index in [0.717, 1.165) is 36.0 Å². The minimum Gasteiger partial charge on any atom is -0.487 e. The Kier molecular flexibility index (Phi) is 6.79. The van der Waals surface area contributed by atoms with Crippen molar-refractivity contribution < 1.29 is 4.74 Å². The summed E-state index contributed by atoms with van der Waals surface area (Å²) in [6.45, 7) is 3.29. The van der Waals surface area contributed by atoms with Crippen molar-refractivity contribution in [1.82, 2.24) is 0 Å². The first kappa shape index (κ1) is 19.5. The van der Waals surface area contributed by atoms with Gasteiger partial charge in [-0.15, -0.1) is 0 Å². The van der Waals surface area contributed by atoms with Crippen molar-refractivity contribution in [3.05, 3.63) is 90.8 Å². The van der Waals surface area contributed by atoms with Gasteiger partial charge in [0.05, 0.1) is 4.47 Å². The molecule has 0 radical (unpaired) electrons. The van der Waals surface area contributed by atoms with Crippen molar-refractivity contribution in [3.8, 4) is 5.75 Å². The standard InChI is InChI=1S/C21H18Br3NO/c1-14-3-2-4-19(9-14)25-12-16-10-18(23)11-20(24)21(16)26-13-15-5-7-17(22)8-6-15/h2-11,25H,12-13H2,1H3. The highest BCUT2D eigenvalue weighted by Crippen LogP contribution is 2.34. The first-order chi connectivity index (χ1) is 12.5. The quantitative estimate of drug-likeness (QED) is 0.351. The Balaban J connectivity index is 1.76. The molecule has 3 rings (SSSR count). The molecule has 0 atom stereocenters. The van der Waals surface area contributed by atoms with Gasteiger partial charge in [0.25, 0.3) is 0 Å². The van der Waals surface area contributed by atoms with Gasteiger partial charge in [-0.2, -0.15) is 0 Å². The second-order valence-electron chi connectivity index (χ2n) is 6.01. The Bertz CT molecular complexity index is 894. The first-order valence-electron chi connectivity index (χ1n) is 8.17. The summed E-state index contributed by atoms with van der Waals surface area (Å²) < 4.78 is 9.15. The van der Waals surface area contributed by atoms with Crippen molar-refractivity contribution in [2.45, 2.75) is 20.1 Å². The lowest BCUT2D eigenvalue weighted by molar-refractivity contribution is 0.301. The zero-order valence-electron chi connectivity index (χ0n) is 14.2. The van der Waals surface area contributed by atoms with Crippen LogP contribution < -0.4 is 10.1 Å². The number of anilines is 1. The number of aryl methyl sites for hydroxylation is 1. The van der Waals surface area contributed by atoms with E-state index < -0.39 is 0 Å². The van der Waals surface area contributed by atoms with E-state index in [1.54, 1.807) is 0 Å². The third kappa shape index (κ3) is 5.35. The second kappa shape index (κ2) is 9.07. The third-order valence-electron chi connectivity index (χ3n) is 3.88. The van der Waals surface area contributed by atoms with E-state index in [1.807, 2.05) is 18.2 Å². The van der Waals surface area contributed by atoms with E-state index in [9.17, 15) is 0 Å². The fourth-order valence-electron chi connectivity index (χ4n) is 2.60. The summed E-state index contributed by atoms with van der Waals surface area (Å²) in [5, 5.41) is 3.47. The number of ether oxygens (including phenoxy) is 1. The molecule has 0 bridgehead atoms. The fraction of sp³-hybridized carbons (Fsp3) is 0.143. The van der Waals surface area contributed by atoms with Gasteiger partial charge in [-0.3, -0.25) is 0 Å². The molecule has 2 nitrogen and oxygen atoms in total. The van der Waals surface area contributed by atoms with Gasteiger partial charge in [0.1, 0.15) is 12.4 Å². The summed E-state index contributed by atoms with van der Waals surface area (Å²) in [6.07, 6.45) is 0. The average Bonchev–Trinajstić information content (AvgIpc) is 2.60. The number of hydrogen-bond donors (Lipinski definition) is 1. The zero-order valence-corrected chi connectivity index (χ0v) is 19.0. The van der Waals surface area contributed by atoms with Gasteiger partial charge in [0.2, 0.25) is 0 Å². The van der Waals surface area contributed by atoms with E-state index in [4.69, 9.17) is 4.74 Å². The Hall–Kier alpha value is -1.30. The number of hydrogen-bond acceptors (Lipinski definition) is 2. The van der Waals surface area contributed by atoms with Crippen LogP contribution in [0.25, 0.3) is 0 Å². The summed E-state index contributed by atoms with van der Waals surface area (Å²) >= 11 is 10.7. The Labute approximate surface area is 179 Å². The summed E-state index contributed by atoms with van der Waals surface area (Å²) in [5.41, 5.74) is 4.54. The highest BCUT2D eigenvalue weighted by atomic mass is 79.9. The zero-order chi connectivity index (χ0) is 18.5. The number of nitrogens with one attached hydrogen (secondary N) is 1. The molecule has 0 fully saturated rings. The van der Waals surface area contributed by atoms with E-state index >= 15 is 0 Å². The maximum Gasteiger partial charge on any atom is 0.139 e. The SMILES string of the molecule is Cc1cccc(NCc2cc(Br)cc(Br)c2OCc2ccc(Br)cc2)c1. The molecule has 1 N–H and O–H groups in total. The van der Waals surface area contributed by atoms with Gasteiger partial charge >= 0.3 is 0 Å². The highest BCUT2D eigenvalue weighted by Gasteiger charge is 2.11. The molecule has 3 aromatic carbocycles. The number of halogens is 3. The monoisotopic (exact) mass is 537 g/mol. The lowest BCUT2D eigenvalue weighted by atomic mass is 10.1. The summed E-state index contributed by atoms with van der Waals surface area (Å²) in [4.78, 5) is 0. The predicted molar refractivity (Wildman–Crippen MR) is 119 cm³/mol. The fourth-order valence-corrected chi connectivity index (χ4v) is 4.29. The van der Waals surface area contributed by atoms with Gasteiger partial charge in [-0.25, -0.2) is 0 Å². The molecule has 0 saturated heterocycles. The molecule has 5 heteroatoms. The summed E-state index contributed by atoms with van der Waals surface area (Å²) in [6, 6.07) is 20.6. The topological polar surface area (TPSA) is 21.3 Å². The van der Waals surface area contributed by atoms with E-state index in [2.05, 4.69) is 102 Å². The average molecular weight is 540 g/mol. The van der Waals surface area contributed by atoms with Gasteiger partial charge in [-0.1, -0.05) is 56.1 Å². The molecule has 0 heterocycles. The summed E-state index contributed by atoms with van der Waals surface area (Å²) in [7, 11) is 0. The van der Waals surface area contributed by atoms with Crippen LogP contribution in [-0.4, -0.2) is 0 Å². The maximum absolute atomic E-state index is 6.14. The highest BCUT2D eigenvalue weighted by molar-refractivity contribution is 9.11. The summed E-state index contributed by atoms with van der Waals surface area (Å²) in [5.74, 6) is 0.858. The van der Waals surface area contributed by atoms with E-state index in [1.165, 1.54) is 5.56 Å². The number of rotatable bonds is 6. The smallest absolute Gasteiger partial charge is 0.139 e. The normalized spacial score (nSPS) is 10.6. The van der Waals surface area contributed by atoms with Gasteiger partial charge < -0.3 is 10.1 Å². The molecule has 0 aromatic heterocycles. The van der Waals surface area contributed by atoms with Gasteiger partial charge in [0.15, 0.2) is 0 Å². The molecule has 0 aliphatic rings. The lowest BCUT2D eigenvalue weighted by Crippen LogP contribution is -2.05. The van der Waals surface area contributed by atoms with Crippen molar-refractivity contribution in [1.29, 1.82) is 0 Å². The molecule has 0 unspecified atom stereocenters. The second-order valence-corrected chi connectivity index (χ2v) is 8.70. The number of benzene rings is 3. The van der Waals surface area contributed by atoms with Crippen LogP contribution in [0.2, 0.25) is 0 Å². The Morgan fingerprint density at radius 1 is 0.885 bits per heavy atom. The van der Waals surface area contributed by atoms with Crippen LogP contribution >= 0.6 is 47.8 Å². The maximum atomic E-state index is 6.14. The van der Waals surface area contributed by atoms with Crippen LogP contribution in [-0.2, 0) is 13.2 Å². The minimum absolute atomic E-state index is 0.519. The third-order valence-corrected chi connectivity index (χ3v) is 5.46. The molecular formula is C21H18Br3NO. The van der Waals surface area contributed by atoms with Gasteiger partial charge in [-0.05, 0) is 70.4 Å². The lowest BCUT2D eigenvalue weighted by Gasteiger charge is -2.16. The van der Waals surface area contributed by atoms with Crippen LogP contribution in [0.5, 0.6) is 5.75 Å². The molecule has 26 heavy (non-hydrogen) atoms. The van der Waals surface area contributed by atoms with Gasteiger partial charge in [0, 0.05) is 26.7 Å². The van der Waals surface area contributed by atoms with Crippen molar-refractivity contribution in [3.63, 3.8) is 0 Å². The molecular weight excluding hydrogens is 522 g/mol. The molecule has 0 spiro atoms. The van der Waals surface area contributed by atoms with E-state index in [0.29, 0.717) is 13.2 Å². The molecule has 0 saturated carbocycles.